The van der Waals surface area contributed by atoms with E-state index < -0.39 is 29.1 Å². The quantitative estimate of drug-likeness (QED) is 0.378. The minimum absolute atomic E-state index is 0.0249. The number of carbonyl (C=O) groups excluding carboxylic acids is 3. The van der Waals surface area contributed by atoms with Crippen LogP contribution in [0.15, 0.2) is 67.3 Å². The van der Waals surface area contributed by atoms with Crippen LogP contribution in [-0.4, -0.2) is 70.3 Å². The van der Waals surface area contributed by atoms with Crippen LogP contribution in [0.2, 0.25) is 0 Å². The summed E-state index contributed by atoms with van der Waals surface area (Å²) in [6.45, 7) is 9.86. The van der Waals surface area contributed by atoms with Gasteiger partial charge in [-0.05, 0) is 62.4 Å². The summed E-state index contributed by atoms with van der Waals surface area (Å²) in [5, 5.41) is 23.2. The molecule has 0 radical (unpaired) electrons. The van der Waals surface area contributed by atoms with Gasteiger partial charge in [0.05, 0.1) is 47.7 Å². The Bertz CT molecular complexity index is 1740. The fraction of sp³-hybridized carbons (Fsp3) is 0.417. The summed E-state index contributed by atoms with van der Waals surface area (Å²) in [4.78, 5) is 47.0. The maximum absolute atomic E-state index is 14.5. The number of likely N-dealkylation sites (tertiary alicyclic amines) is 1. The number of hydrogen-bond donors (Lipinski definition) is 2. The highest BCUT2D eigenvalue weighted by atomic mass is 16.5. The number of nitrogens with zero attached hydrogens (tertiary/aromatic N) is 3. The van der Waals surface area contributed by atoms with Crippen molar-refractivity contribution in [1.29, 1.82) is 0 Å². The fourth-order valence-corrected chi connectivity index (χ4v) is 8.53. The van der Waals surface area contributed by atoms with Crippen LogP contribution in [0.25, 0.3) is 10.8 Å². The Morgan fingerprint density at radius 1 is 1.13 bits per heavy atom. The number of carbonyl (C=O) groups is 3. The fourth-order valence-electron chi connectivity index (χ4n) is 8.53. The van der Waals surface area contributed by atoms with Crippen molar-refractivity contribution in [3.05, 3.63) is 78.4 Å². The number of aliphatic hydroxyl groups is 2. The van der Waals surface area contributed by atoms with Crippen LogP contribution in [0.1, 0.15) is 56.0 Å². The molecule has 45 heavy (non-hydrogen) atoms. The molecular weight excluding hydrogens is 570 g/mol. The van der Waals surface area contributed by atoms with Gasteiger partial charge in [0.1, 0.15) is 0 Å². The van der Waals surface area contributed by atoms with Crippen molar-refractivity contribution in [3.8, 4) is 0 Å². The Morgan fingerprint density at radius 3 is 2.60 bits per heavy atom. The number of anilines is 3. The van der Waals surface area contributed by atoms with Gasteiger partial charge in [-0.25, -0.2) is 0 Å². The van der Waals surface area contributed by atoms with Crippen LogP contribution < -0.4 is 9.80 Å². The molecule has 3 aromatic carbocycles. The van der Waals surface area contributed by atoms with E-state index in [4.69, 9.17) is 4.74 Å². The van der Waals surface area contributed by atoms with Crippen LogP contribution in [0.4, 0.5) is 17.1 Å². The molecule has 9 heteroatoms. The summed E-state index contributed by atoms with van der Waals surface area (Å²) < 4.78 is 6.84. The molecule has 234 valence electrons. The lowest BCUT2D eigenvalue weighted by Gasteiger charge is -2.34. The Labute approximate surface area is 262 Å². The Hall–Kier alpha value is -4.05. The number of fused-ring (bicyclic) bond motifs is 2. The zero-order valence-electron chi connectivity index (χ0n) is 25.9. The molecule has 2 fully saturated rings. The first-order chi connectivity index (χ1) is 21.5. The SMILES string of the molecule is C=CCN1C(=O)[C@]2(O[C@H](CC(=O)N3CCC[C@H]3CO)[C@@H](C(C)(C)O)[C@@H]2C)c2cc(N3C(=O)c4cccc5cccc3c45)ccc21. The molecule has 9 nitrogen and oxygen atoms in total. The van der Waals surface area contributed by atoms with Crippen molar-refractivity contribution in [2.75, 3.05) is 29.5 Å². The van der Waals surface area contributed by atoms with Crippen molar-refractivity contribution in [2.24, 2.45) is 11.8 Å². The van der Waals surface area contributed by atoms with Gasteiger partial charge in [0.15, 0.2) is 5.60 Å². The van der Waals surface area contributed by atoms with Gasteiger partial charge in [0.25, 0.3) is 11.8 Å². The molecule has 2 saturated heterocycles. The molecule has 2 N–H and O–H groups in total. The van der Waals surface area contributed by atoms with Gasteiger partial charge in [-0.3, -0.25) is 19.3 Å². The molecule has 0 unspecified atom stereocenters. The number of aliphatic hydroxyl groups excluding tert-OH is 1. The van der Waals surface area contributed by atoms with E-state index in [0.717, 1.165) is 29.3 Å². The maximum Gasteiger partial charge on any atom is 0.264 e. The van der Waals surface area contributed by atoms with E-state index in [9.17, 15) is 24.6 Å². The normalized spacial score (nSPS) is 27.4. The van der Waals surface area contributed by atoms with Crippen LogP contribution in [0.3, 0.4) is 0 Å². The third-order valence-electron chi connectivity index (χ3n) is 10.4. The number of ether oxygens (including phenoxy) is 1. The molecule has 0 bridgehead atoms. The van der Waals surface area contributed by atoms with E-state index in [1.54, 1.807) is 34.6 Å². The summed E-state index contributed by atoms with van der Waals surface area (Å²) in [6, 6.07) is 16.9. The summed E-state index contributed by atoms with van der Waals surface area (Å²) >= 11 is 0. The summed E-state index contributed by atoms with van der Waals surface area (Å²) in [5.41, 5.74) is 0.490. The summed E-state index contributed by atoms with van der Waals surface area (Å²) in [6.07, 6.45) is 2.43. The van der Waals surface area contributed by atoms with Gasteiger partial charge >= 0.3 is 0 Å². The molecule has 4 aliphatic rings. The van der Waals surface area contributed by atoms with Crippen molar-refractivity contribution >= 4 is 45.6 Å². The van der Waals surface area contributed by atoms with Gasteiger partial charge in [0, 0.05) is 41.6 Å². The van der Waals surface area contributed by atoms with Crippen LogP contribution in [0.5, 0.6) is 0 Å². The Kier molecular flexibility index (Phi) is 6.92. The highest BCUT2D eigenvalue weighted by molar-refractivity contribution is 6.28. The van der Waals surface area contributed by atoms with E-state index in [-0.39, 0.29) is 43.3 Å². The van der Waals surface area contributed by atoms with Crippen molar-refractivity contribution in [3.63, 3.8) is 0 Å². The van der Waals surface area contributed by atoms with Crippen LogP contribution >= 0.6 is 0 Å². The number of rotatable bonds is 7. The van der Waals surface area contributed by atoms with Gasteiger partial charge in [0.2, 0.25) is 5.91 Å². The predicted octanol–water partition coefficient (Wildman–Crippen LogP) is 4.66. The van der Waals surface area contributed by atoms with E-state index in [1.165, 1.54) is 0 Å². The highest BCUT2D eigenvalue weighted by Crippen LogP contribution is 2.59. The minimum Gasteiger partial charge on any atom is -0.394 e. The molecule has 1 spiro atoms. The third kappa shape index (κ3) is 4.21. The Balaban J connectivity index is 1.33. The molecule has 3 aromatic rings. The molecule has 0 saturated carbocycles. The zero-order chi connectivity index (χ0) is 31.8. The first-order valence-corrected chi connectivity index (χ1v) is 15.8. The first-order valence-electron chi connectivity index (χ1n) is 15.8. The largest absolute Gasteiger partial charge is 0.394 e. The maximum atomic E-state index is 14.5. The second kappa shape index (κ2) is 10.5. The molecule has 4 aliphatic heterocycles. The van der Waals surface area contributed by atoms with E-state index in [1.807, 2.05) is 61.5 Å². The monoisotopic (exact) mass is 609 g/mol. The highest BCUT2D eigenvalue weighted by Gasteiger charge is 2.66. The van der Waals surface area contributed by atoms with Crippen LogP contribution in [0, 0.1) is 11.8 Å². The summed E-state index contributed by atoms with van der Waals surface area (Å²) in [7, 11) is 0. The third-order valence-corrected chi connectivity index (χ3v) is 10.4. The van der Waals surface area contributed by atoms with E-state index in [0.29, 0.717) is 29.0 Å². The van der Waals surface area contributed by atoms with Gasteiger partial charge < -0.3 is 24.7 Å². The predicted molar refractivity (Wildman–Crippen MR) is 171 cm³/mol. The molecule has 4 heterocycles. The average Bonchev–Trinajstić information content (AvgIpc) is 3.74. The molecule has 5 atom stereocenters. The second-order valence-corrected chi connectivity index (χ2v) is 13.4. The second-order valence-electron chi connectivity index (χ2n) is 13.4. The standard InChI is InChI=1S/C36H39N3O6/c1-5-16-38-27-15-14-23(39-28-13-7-10-22-9-6-12-25(31(22)28)33(39)42)18-26(27)36(34(38)43)21(2)32(35(3,4)44)29(45-36)19-30(41)37-17-8-11-24(37)20-40/h5-7,9-10,12-15,18,21,24,29,32,40,44H,1,8,11,16-17,19-20H2,2-4H3/t21-,24-,29+,32-,36+/m0/s1. The lowest BCUT2D eigenvalue weighted by atomic mass is 9.70. The lowest BCUT2D eigenvalue weighted by Crippen LogP contribution is -2.46. The minimum atomic E-state index is -1.49. The van der Waals surface area contributed by atoms with Crippen LogP contribution in [-0.2, 0) is 19.9 Å². The number of benzene rings is 3. The lowest BCUT2D eigenvalue weighted by molar-refractivity contribution is -0.150. The Morgan fingerprint density at radius 2 is 1.89 bits per heavy atom. The molecule has 0 aromatic heterocycles. The first kappa shape index (κ1) is 29.6. The smallest absolute Gasteiger partial charge is 0.264 e. The summed E-state index contributed by atoms with van der Waals surface area (Å²) in [5.74, 6) is -1.67. The van der Waals surface area contributed by atoms with Gasteiger partial charge in [-0.15, -0.1) is 6.58 Å². The van der Waals surface area contributed by atoms with Gasteiger partial charge in [-0.1, -0.05) is 37.3 Å². The van der Waals surface area contributed by atoms with E-state index >= 15 is 0 Å². The molecule has 0 aliphatic carbocycles. The average molecular weight is 610 g/mol. The topological polar surface area (TPSA) is 111 Å². The van der Waals surface area contributed by atoms with Crippen molar-refractivity contribution in [2.45, 2.75) is 63.4 Å². The van der Waals surface area contributed by atoms with Crippen molar-refractivity contribution < 1.29 is 29.3 Å². The van der Waals surface area contributed by atoms with Gasteiger partial charge in [-0.2, -0.15) is 0 Å². The molecular formula is C36H39N3O6. The molecule has 7 rings (SSSR count). The van der Waals surface area contributed by atoms with Crippen molar-refractivity contribution in [1.82, 2.24) is 4.90 Å². The van der Waals surface area contributed by atoms with E-state index in [2.05, 4.69) is 6.58 Å². The zero-order valence-corrected chi connectivity index (χ0v) is 25.9. The molecule has 3 amide bonds. The number of hydrogen-bond acceptors (Lipinski definition) is 6. The number of amides is 3.